The maximum Gasteiger partial charge on any atom is 0.191 e. The van der Waals surface area contributed by atoms with Gasteiger partial charge >= 0.3 is 0 Å². The van der Waals surface area contributed by atoms with Crippen molar-refractivity contribution in [1.82, 2.24) is 10.6 Å². The van der Waals surface area contributed by atoms with Crippen molar-refractivity contribution in [2.75, 3.05) is 26.9 Å². The Balaban J connectivity index is 2.73. The van der Waals surface area contributed by atoms with Crippen LogP contribution in [-0.4, -0.2) is 44.0 Å². The lowest BCUT2D eigenvalue weighted by molar-refractivity contribution is 0.196. The van der Waals surface area contributed by atoms with Gasteiger partial charge in [-0.25, -0.2) is 4.99 Å². The van der Waals surface area contributed by atoms with E-state index in [4.69, 9.17) is 19.6 Å². The molecule has 0 aliphatic carbocycles. The number of nitrogens with zero attached hydrogens (tertiary/aromatic N) is 1. The van der Waals surface area contributed by atoms with Gasteiger partial charge in [0.15, 0.2) is 17.5 Å². The molecule has 3 N–H and O–H groups in total. The highest BCUT2D eigenvalue weighted by Crippen LogP contribution is 2.28. The van der Waals surface area contributed by atoms with Crippen LogP contribution in [0, 0.1) is 5.41 Å². The van der Waals surface area contributed by atoms with E-state index in [1.165, 1.54) is 0 Å². The summed E-state index contributed by atoms with van der Waals surface area (Å²) in [5.41, 5.74) is 1.37. The van der Waals surface area contributed by atoms with E-state index in [-0.39, 0.29) is 13.2 Å². The molecule has 154 valence electrons. The summed E-state index contributed by atoms with van der Waals surface area (Å²) < 4.78 is 10.8. The molecule has 0 heterocycles. The maximum absolute atomic E-state index is 8.90. The van der Waals surface area contributed by atoms with Crippen LogP contribution in [0.3, 0.4) is 0 Å². The van der Waals surface area contributed by atoms with Gasteiger partial charge in [-0.1, -0.05) is 26.8 Å². The molecule has 0 bridgehead atoms. The second-order valence-corrected chi connectivity index (χ2v) is 7.90. The Labute approximate surface area is 164 Å². The zero-order chi connectivity index (χ0) is 20.3. The third-order valence-corrected chi connectivity index (χ3v) is 4.05. The summed E-state index contributed by atoms with van der Waals surface area (Å²) in [5, 5.41) is 15.7. The minimum atomic E-state index is -0.0275. The van der Waals surface area contributed by atoms with Crippen LogP contribution in [-0.2, 0) is 6.54 Å². The van der Waals surface area contributed by atoms with Crippen LogP contribution < -0.4 is 20.1 Å². The normalized spacial score (nSPS) is 13.2. The van der Waals surface area contributed by atoms with Crippen LogP contribution in [0.2, 0.25) is 0 Å². The zero-order valence-corrected chi connectivity index (χ0v) is 17.8. The lowest BCUT2D eigenvalue weighted by Crippen LogP contribution is -2.42. The van der Waals surface area contributed by atoms with E-state index in [0.29, 0.717) is 29.5 Å². The van der Waals surface area contributed by atoms with Gasteiger partial charge in [0.1, 0.15) is 6.61 Å². The first kappa shape index (κ1) is 23.1. The molecule has 1 aromatic rings. The van der Waals surface area contributed by atoms with Crippen molar-refractivity contribution in [3.8, 4) is 11.5 Å². The number of hydrogen-bond donors (Lipinski definition) is 3. The van der Waals surface area contributed by atoms with Gasteiger partial charge in [0, 0.05) is 12.6 Å². The number of rotatable bonds is 10. The Morgan fingerprint density at radius 3 is 2.59 bits per heavy atom. The summed E-state index contributed by atoms with van der Waals surface area (Å²) in [5.74, 6) is 2.09. The fraction of sp³-hybridized carbons (Fsp3) is 0.667. The molecule has 1 unspecified atom stereocenters. The molecular formula is C21H37N3O3. The van der Waals surface area contributed by atoms with Crippen molar-refractivity contribution in [1.29, 1.82) is 0 Å². The number of aliphatic hydroxyl groups is 1. The van der Waals surface area contributed by atoms with Crippen molar-refractivity contribution >= 4 is 5.96 Å². The van der Waals surface area contributed by atoms with Crippen molar-refractivity contribution in [2.45, 2.75) is 60.0 Å². The van der Waals surface area contributed by atoms with Crippen LogP contribution in [0.5, 0.6) is 11.5 Å². The topological polar surface area (TPSA) is 75.1 Å². The third kappa shape index (κ3) is 9.52. The average molecular weight is 380 g/mol. The highest BCUT2D eigenvalue weighted by atomic mass is 16.5. The molecular weight excluding hydrogens is 342 g/mol. The van der Waals surface area contributed by atoms with Crippen LogP contribution >= 0.6 is 0 Å². The highest BCUT2D eigenvalue weighted by Gasteiger charge is 2.13. The monoisotopic (exact) mass is 379 g/mol. The summed E-state index contributed by atoms with van der Waals surface area (Å²) in [4.78, 5) is 4.69. The Bertz CT molecular complexity index is 583. The molecule has 0 radical (unpaired) electrons. The van der Waals surface area contributed by atoms with Crippen LogP contribution in [0.1, 0.15) is 53.0 Å². The van der Waals surface area contributed by atoms with Crippen molar-refractivity contribution < 1.29 is 14.6 Å². The molecule has 1 atom stereocenters. The number of hydrogen-bond acceptors (Lipinski definition) is 4. The summed E-state index contributed by atoms with van der Waals surface area (Å²) >= 11 is 0. The van der Waals surface area contributed by atoms with E-state index in [1.807, 2.05) is 18.2 Å². The van der Waals surface area contributed by atoms with Gasteiger partial charge in [-0.15, -0.1) is 0 Å². The molecule has 0 saturated heterocycles. The van der Waals surface area contributed by atoms with Gasteiger partial charge in [0.05, 0.1) is 20.3 Å². The maximum atomic E-state index is 8.90. The van der Waals surface area contributed by atoms with E-state index in [0.717, 1.165) is 30.9 Å². The van der Waals surface area contributed by atoms with Crippen LogP contribution in [0.25, 0.3) is 0 Å². The molecule has 6 heteroatoms. The van der Waals surface area contributed by atoms with Crippen molar-refractivity contribution in [3.63, 3.8) is 0 Å². The lowest BCUT2D eigenvalue weighted by atomic mass is 9.89. The number of ether oxygens (including phenoxy) is 2. The largest absolute Gasteiger partial charge is 0.493 e. The van der Waals surface area contributed by atoms with Gasteiger partial charge in [-0.05, 0) is 49.8 Å². The fourth-order valence-electron chi connectivity index (χ4n) is 2.53. The smallest absolute Gasteiger partial charge is 0.191 e. The molecule has 0 aliphatic heterocycles. The molecule has 0 amide bonds. The highest BCUT2D eigenvalue weighted by molar-refractivity contribution is 5.80. The first-order valence-electron chi connectivity index (χ1n) is 9.74. The summed E-state index contributed by atoms with van der Waals surface area (Å²) in [6.45, 7) is 12.6. The minimum Gasteiger partial charge on any atom is -0.493 e. The first-order valence-corrected chi connectivity index (χ1v) is 9.74. The third-order valence-electron chi connectivity index (χ3n) is 4.05. The summed E-state index contributed by atoms with van der Waals surface area (Å²) in [7, 11) is 1.61. The van der Waals surface area contributed by atoms with E-state index < -0.39 is 0 Å². The molecule has 0 spiro atoms. The van der Waals surface area contributed by atoms with Crippen molar-refractivity contribution in [2.24, 2.45) is 10.4 Å². The van der Waals surface area contributed by atoms with E-state index in [9.17, 15) is 0 Å². The van der Waals surface area contributed by atoms with Crippen LogP contribution in [0.4, 0.5) is 0 Å². The molecule has 0 saturated carbocycles. The predicted molar refractivity (Wildman–Crippen MR) is 112 cm³/mol. The van der Waals surface area contributed by atoms with Gasteiger partial charge < -0.3 is 25.2 Å². The summed E-state index contributed by atoms with van der Waals surface area (Å²) in [6, 6.07) is 6.09. The fourth-order valence-corrected chi connectivity index (χ4v) is 2.53. The van der Waals surface area contributed by atoms with Gasteiger partial charge in [-0.2, -0.15) is 0 Å². The number of benzene rings is 1. The second-order valence-electron chi connectivity index (χ2n) is 7.90. The van der Waals surface area contributed by atoms with E-state index in [1.54, 1.807) is 7.11 Å². The minimum absolute atomic E-state index is 0.0275. The Hall–Kier alpha value is -1.95. The molecule has 1 rings (SSSR count). The Kier molecular flexibility index (Phi) is 10.0. The molecule has 0 fully saturated rings. The Morgan fingerprint density at radius 1 is 1.26 bits per heavy atom. The number of guanidine groups is 1. The molecule has 0 aromatic heterocycles. The van der Waals surface area contributed by atoms with E-state index >= 15 is 0 Å². The lowest BCUT2D eigenvalue weighted by Gasteiger charge is -2.23. The molecule has 6 nitrogen and oxygen atoms in total. The molecule has 27 heavy (non-hydrogen) atoms. The van der Waals surface area contributed by atoms with E-state index in [2.05, 4.69) is 45.3 Å². The standard InChI is InChI=1S/C21H37N3O3/c1-7-22-20(24-16(2)10-11-21(3,4)5)23-15-17-8-9-18(27-13-12-25)19(14-17)26-6/h8-9,14,16,25H,7,10-13,15H2,1-6H3,(H2,22,23,24). The van der Waals surface area contributed by atoms with Gasteiger partial charge in [-0.3, -0.25) is 0 Å². The number of aliphatic hydroxyl groups excluding tert-OH is 1. The van der Waals surface area contributed by atoms with Crippen molar-refractivity contribution in [3.05, 3.63) is 23.8 Å². The number of aliphatic imine (C=N–C) groups is 1. The predicted octanol–water partition coefficient (Wildman–Crippen LogP) is 3.34. The molecule has 0 aliphatic rings. The molecule has 1 aromatic carbocycles. The SMILES string of the molecule is CCNC(=NCc1ccc(OCCO)c(OC)c1)NC(C)CCC(C)(C)C. The average Bonchev–Trinajstić information content (AvgIpc) is 2.62. The zero-order valence-electron chi connectivity index (χ0n) is 17.8. The van der Waals surface area contributed by atoms with Crippen LogP contribution in [0.15, 0.2) is 23.2 Å². The van der Waals surface area contributed by atoms with Gasteiger partial charge in [0.2, 0.25) is 0 Å². The van der Waals surface area contributed by atoms with Gasteiger partial charge in [0.25, 0.3) is 0 Å². The number of methoxy groups -OCH3 is 1. The first-order chi connectivity index (χ1) is 12.8. The number of nitrogens with one attached hydrogen (secondary N) is 2. The Morgan fingerprint density at radius 2 is 2.00 bits per heavy atom. The second kappa shape index (κ2) is 11.7. The summed E-state index contributed by atoms with van der Waals surface area (Å²) in [6.07, 6.45) is 2.26. The quantitative estimate of drug-likeness (QED) is 0.429.